The zero-order valence-corrected chi connectivity index (χ0v) is 41.4. The third-order valence-electron chi connectivity index (χ3n) is 12.4. The number of ketones is 1. The normalized spacial score (nSPS) is 17.5. The number of benzene rings is 4. The van der Waals surface area contributed by atoms with E-state index in [2.05, 4.69) is 0 Å². The smallest absolute Gasteiger partial charge is 0.314 e. The van der Waals surface area contributed by atoms with Crippen molar-refractivity contribution in [2.45, 2.75) is 71.6 Å². The van der Waals surface area contributed by atoms with Gasteiger partial charge >= 0.3 is 35.8 Å². The minimum Gasteiger partial charge on any atom is -0.466 e. The third kappa shape index (κ3) is 14.6. The number of hydrogen-bond donors (Lipinski definition) is 0. The molecule has 0 spiro atoms. The number of anilines is 1. The number of nitrogens with zero attached hydrogens (tertiary/aromatic N) is 1. The molecular formula is C55H52ClNO14S. The zero-order valence-electron chi connectivity index (χ0n) is 39.8. The highest BCUT2D eigenvalue weighted by Crippen LogP contribution is 2.35. The van der Waals surface area contributed by atoms with E-state index in [1.54, 1.807) is 92.0 Å². The molecule has 0 saturated heterocycles. The van der Waals surface area contributed by atoms with Gasteiger partial charge in [0, 0.05) is 44.1 Å². The molecule has 17 heteroatoms. The highest BCUT2D eigenvalue weighted by atomic mass is 35.5. The predicted octanol–water partition coefficient (Wildman–Crippen LogP) is 10.2. The molecule has 15 nitrogen and oxygen atoms in total. The zero-order chi connectivity index (χ0) is 51.3. The molecule has 0 radical (unpaired) electrons. The Morgan fingerprint density at radius 3 is 1.54 bits per heavy atom. The Morgan fingerprint density at radius 1 is 0.569 bits per heavy atom. The molecule has 0 atom stereocenters. The van der Waals surface area contributed by atoms with Crippen LogP contribution in [-0.4, -0.2) is 61.2 Å². The van der Waals surface area contributed by atoms with E-state index >= 15 is 0 Å². The molecule has 374 valence electrons. The van der Waals surface area contributed by atoms with Crippen LogP contribution in [0.5, 0.6) is 28.7 Å². The average molecular weight is 1020 g/mol. The van der Waals surface area contributed by atoms with Gasteiger partial charge in [-0.3, -0.25) is 38.4 Å². The highest BCUT2D eigenvalue weighted by Gasteiger charge is 2.34. The van der Waals surface area contributed by atoms with E-state index in [4.69, 9.17) is 40.0 Å². The number of allylic oxidation sites excluding steroid dienone is 1. The summed E-state index contributed by atoms with van der Waals surface area (Å²) in [5.74, 6) is -3.83. The standard InChI is InChI=1S/C55H52ClNO14S/c1-33(58)66-31-30-35-4-19-44(20-5-35)68-52(62)37-6-8-39(9-7-37)54(64)70-46-25-27-48(41(32-46)16-26-47(60)49-28-29-50(56)72-49)71-55(65)40-12-10-38(11-13-40)53(63)69-45-21-14-36(15-22-45)51(61)57(3)42-17-23-43(24-18-42)67-34(2)59/h4-5,14-29,32,37-40H,6-13,30-31H2,1-3H3/b26-16+. The Hall–Kier alpha value is -7.43. The molecule has 2 aliphatic carbocycles. The molecule has 1 amide bonds. The van der Waals surface area contributed by atoms with Crippen LogP contribution in [0.15, 0.2) is 109 Å². The number of amides is 1. The summed E-state index contributed by atoms with van der Waals surface area (Å²) in [4.78, 5) is 104. The van der Waals surface area contributed by atoms with Crippen LogP contribution in [0.4, 0.5) is 5.69 Å². The number of rotatable bonds is 17. The number of hydrogen-bond acceptors (Lipinski definition) is 15. The van der Waals surface area contributed by atoms with Crippen LogP contribution in [0.3, 0.4) is 0 Å². The topological polar surface area (TPSA) is 195 Å². The van der Waals surface area contributed by atoms with Gasteiger partial charge in [0.25, 0.3) is 5.91 Å². The summed E-state index contributed by atoms with van der Waals surface area (Å²) in [5, 5.41) is 0. The third-order valence-corrected chi connectivity index (χ3v) is 13.6. The lowest BCUT2D eigenvalue weighted by Gasteiger charge is -2.26. The Morgan fingerprint density at radius 2 is 1.04 bits per heavy atom. The van der Waals surface area contributed by atoms with Crippen molar-refractivity contribution < 1.29 is 66.8 Å². The number of carbonyl (C=O) groups is 8. The second-order valence-electron chi connectivity index (χ2n) is 17.5. The maximum atomic E-state index is 13.6. The van der Waals surface area contributed by atoms with Crippen molar-refractivity contribution in [1.29, 1.82) is 0 Å². The molecule has 1 aromatic heterocycles. The Balaban J connectivity index is 0.907. The summed E-state index contributed by atoms with van der Waals surface area (Å²) in [7, 11) is 1.61. The van der Waals surface area contributed by atoms with E-state index in [0.717, 1.165) is 16.9 Å². The first-order valence-electron chi connectivity index (χ1n) is 23.5. The van der Waals surface area contributed by atoms with Crippen LogP contribution in [0.25, 0.3) is 6.08 Å². The van der Waals surface area contributed by atoms with Gasteiger partial charge in [0.2, 0.25) is 0 Å². The maximum absolute atomic E-state index is 13.6. The molecule has 0 N–H and O–H groups in total. The van der Waals surface area contributed by atoms with Gasteiger partial charge in [0.15, 0.2) is 5.78 Å². The van der Waals surface area contributed by atoms with Gasteiger partial charge in [0.05, 0.1) is 39.5 Å². The number of thiophene rings is 1. The molecule has 0 unspecified atom stereocenters. The van der Waals surface area contributed by atoms with E-state index in [1.807, 2.05) is 0 Å². The summed E-state index contributed by atoms with van der Waals surface area (Å²) < 4.78 is 33.5. The average Bonchev–Trinajstić information content (AvgIpc) is 3.82. The molecular weight excluding hydrogens is 966 g/mol. The number of ether oxygens (including phenoxy) is 6. The van der Waals surface area contributed by atoms with Gasteiger partial charge < -0.3 is 33.3 Å². The Bertz CT molecular complexity index is 2820. The fraction of sp³-hybridized carbons (Fsp3) is 0.309. The lowest BCUT2D eigenvalue weighted by Crippen LogP contribution is -2.30. The quantitative estimate of drug-likeness (QED) is 0.0369. The van der Waals surface area contributed by atoms with Gasteiger partial charge in [0.1, 0.15) is 28.7 Å². The lowest BCUT2D eigenvalue weighted by molar-refractivity contribution is -0.145. The van der Waals surface area contributed by atoms with Gasteiger partial charge in [-0.25, -0.2) is 0 Å². The molecule has 2 saturated carbocycles. The summed E-state index contributed by atoms with van der Waals surface area (Å²) in [6.07, 6.45) is 6.43. The fourth-order valence-corrected chi connectivity index (χ4v) is 9.31. The summed E-state index contributed by atoms with van der Waals surface area (Å²) >= 11 is 7.18. The van der Waals surface area contributed by atoms with Crippen molar-refractivity contribution in [3.8, 4) is 28.7 Å². The van der Waals surface area contributed by atoms with E-state index in [1.165, 1.54) is 49.1 Å². The monoisotopic (exact) mass is 1020 g/mol. The van der Waals surface area contributed by atoms with E-state index in [0.29, 0.717) is 95.3 Å². The molecule has 2 aliphatic rings. The number of esters is 6. The van der Waals surface area contributed by atoms with E-state index in [9.17, 15) is 38.4 Å². The Labute approximate surface area is 424 Å². The van der Waals surface area contributed by atoms with Crippen molar-refractivity contribution in [1.82, 2.24) is 0 Å². The molecule has 72 heavy (non-hydrogen) atoms. The van der Waals surface area contributed by atoms with Gasteiger partial charge in [-0.1, -0.05) is 23.7 Å². The molecule has 5 aromatic rings. The fourth-order valence-electron chi connectivity index (χ4n) is 8.34. The van der Waals surface area contributed by atoms with E-state index in [-0.39, 0.29) is 47.5 Å². The minimum atomic E-state index is -0.531. The van der Waals surface area contributed by atoms with Crippen molar-refractivity contribution in [3.05, 3.63) is 135 Å². The molecule has 2 fully saturated rings. The van der Waals surface area contributed by atoms with Crippen LogP contribution in [0, 0.1) is 23.7 Å². The Kier molecular flexibility index (Phi) is 17.9. The van der Waals surface area contributed by atoms with Gasteiger partial charge in [-0.15, -0.1) is 11.3 Å². The van der Waals surface area contributed by atoms with E-state index < -0.39 is 47.5 Å². The van der Waals surface area contributed by atoms with Crippen molar-refractivity contribution in [3.63, 3.8) is 0 Å². The molecule has 7 rings (SSSR count). The SMILES string of the molecule is CC(=O)OCCc1ccc(OC(=O)C2CCC(C(=O)Oc3ccc(OC(=O)C4CCC(C(=O)Oc5ccc(C(=O)N(C)c6ccc(OC(C)=O)cc6)cc5)CC4)c(/C=C/C(=O)c4ccc(Cl)s4)c3)CC2)cc1. The molecule has 0 aliphatic heterocycles. The van der Waals surface area contributed by atoms with Crippen LogP contribution < -0.4 is 28.6 Å². The molecule has 1 heterocycles. The first-order valence-corrected chi connectivity index (χ1v) is 24.7. The number of carbonyl (C=O) groups excluding carboxylic acids is 8. The van der Waals surface area contributed by atoms with Crippen LogP contribution in [0.1, 0.15) is 96.4 Å². The highest BCUT2D eigenvalue weighted by molar-refractivity contribution is 7.18. The van der Waals surface area contributed by atoms with Crippen molar-refractivity contribution in [2.75, 3.05) is 18.6 Å². The summed E-state index contributed by atoms with van der Waals surface area (Å²) in [5.41, 5.74) is 2.18. The number of halogens is 1. The van der Waals surface area contributed by atoms with Gasteiger partial charge in [-0.2, -0.15) is 0 Å². The molecule has 0 bridgehead atoms. The first-order chi connectivity index (χ1) is 34.6. The summed E-state index contributed by atoms with van der Waals surface area (Å²) in [6, 6.07) is 27.4. The van der Waals surface area contributed by atoms with Crippen LogP contribution >= 0.6 is 22.9 Å². The van der Waals surface area contributed by atoms with Crippen LogP contribution in [0.2, 0.25) is 4.34 Å². The van der Waals surface area contributed by atoms with Crippen LogP contribution in [-0.2, 0) is 39.9 Å². The summed E-state index contributed by atoms with van der Waals surface area (Å²) in [6.45, 7) is 2.91. The first kappa shape index (κ1) is 52.4. The maximum Gasteiger partial charge on any atom is 0.314 e. The molecule has 4 aromatic carbocycles. The van der Waals surface area contributed by atoms with Gasteiger partial charge in [-0.05, 0) is 160 Å². The predicted molar refractivity (Wildman–Crippen MR) is 266 cm³/mol. The second kappa shape index (κ2) is 24.6. The minimum absolute atomic E-state index is 0.135. The lowest BCUT2D eigenvalue weighted by atomic mass is 9.82. The largest absolute Gasteiger partial charge is 0.466 e. The second-order valence-corrected chi connectivity index (χ2v) is 19.2. The van der Waals surface area contributed by atoms with Crippen molar-refractivity contribution >= 4 is 82.2 Å². The van der Waals surface area contributed by atoms with Crippen molar-refractivity contribution in [2.24, 2.45) is 23.7 Å².